The van der Waals surface area contributed by atoms with Crippen LogP contribution in [-0.2, 0) is 4.43 Å². The minimum absolute atomic E-state index is 0.136. The van der Waals surface area contributed by atoms with Crippen LogP contribution < -0.4 is 5.32 Å². The Labute approximate surface area is 173 Å². The molecule has 28 heavy (non-hydrogen) atoms. The summed E-state index contributed by atoms with van der Waals surface area (Å²) >= 11 is 0. The first-order valence-corrected chi connectivity index (χ1v) is 13.5. The number of benzene rings is 2. The number of hydrogen-bond acceptors (Lipinski definition) is 2. The third kappa shape index (κ3) is 5.96. The molecule has 2 unspecified atom stereocenters. The minimum Gasteiger partial charge on any atom is -0.411 e. The molecular weight excluding hydrogens is 358 g/mol. The molecule has 2 nitrogen and oxygen atoms in total. The molecular formula is C25H39NOSi. The second-order valence-electron chi connectivity index (χ2n) is 9.60. The Bertz CT molecular complexity index is 729. The highest BCUT2D eigenvalue weighted by atomic mass is 28.4. The van der Waals surface area contributed by atoms with Crippen LogP contribution in [0.25, 0.3) is 0 Å². The molecule has 2 aromatic carbocycles. The van der Waals surface area contributed by atoms with Gasteiger partial charge in [0.1, 0.15) is 0 Å². The highest BCUT2D eigenvalue weighted by molar-refractivity contribution is 6.74. The van der Waals surface area contributed by atoms with Crippen molar-refractivity contribution >= 4 is 14.0 Å². The standard InChI is InChI=1S/C25H39NOSi/c1-9-10-23(27-28(7,8)25(4,5)6)24(21-15-11-19(2)12-16-21)26-22-17-13-20(3)14-18-22/h11-18,23-24,26H,9-10H2,1-8H3. The summed E-state index contributed by atoms with van der Waals surface area (Å²) in [5.74, 6) is 0. The van der Waals surface area contributed by atoms with Crippen molar-refractivity contribution in [1.82, 2.24) is 0 Å². The summed E-state index contributed by atoms with van der Waals surface area (Å²) < 4.78 is 6.96. The lowest BCUT2D eigenvalue weighted by molar-refractivity contribution is 0.149. The summed E-state index contributed by atoms with van der Waals surface area (Å²) in [6.45, 7) is 18.2. The van der Waals surface area contributed by atoms with Gasteiger partial charge in [0.25, 0.3) is 0 Å². The molecule has 0 saturated heterocycles. The zero-order chi connectivity index (χ0) is 20.9. The van der Waals surface area contributed by atoms with E-state index in [1.165, 1.54) is 16.7 Å². The molecule has 0 fully saturated rings. The number of rotatable bonds is 8. The van der Waals surface area contributed by atoms with E-state index in [-0.39, 0.29) is 17.2 Å². The zero-order valence-electron chi connectivity index (χ0n) is 19.1. The van der Waals surface area contributed by atoms with Crippen LogP contribution in [0, 0.1) is 13.8 Å². The molecule has 0 aliphatic heterocycles. The number of hydrogen-bond donors (Lipinski definition) is 1. The zero-order valence-corrected chi connectivity index (χ0v) is 20.1. The van der Waals surface area contributed by atoms with Gasteiger partial charge in [0.15, 0.2) is 8.32 Å². The molecule has 0 heterocycles. The Morgan fingerprint density at radius 1 is 0.893 bits per heavy atom. The van der Waals surface area contributed by atoms with Crippen molar-refractivity contribution in [3.8, 4) is 0 Å². The lowest BCUT2D eigenvalue weighted by Crippen LogP contribution is -2.46. The van der Waals surface area contributed by atoms with Gasteiger partial charge in [-0.2, -0.15) is 0 Å². The van der Waals surface area contributed by atoms with Gasteiger partial charge >= 0.3 is 0 Å². The first-order valence-electron chi connectivity index (χ1n) is 10.6. The lowest BCUT2D eigenvalue weighted by atomic mass is 9.97. The Balaban J connectivity index is 2.40. The topological polar surface area (TPSA) is 21.3 Å². The first kappa shape index (κ1) is 22.7. The smallest absolute Gasteiger partial charge is 0.192 e. The second-order valence-corrected chi connectivity index (χ2v) is 14.4. The van der Waals surface area contributed by atoms with E-state index in [2.05, 4.69) is 108 Å². The monoisotopic (exact) mass is 397 g/mol. The van der Waals surface area contributed by atoms with Crippen LogP contribution >= 0.6 is 0 Å². The van der Waals surface area contributed by atoms with E-state index in [1.807, 2.05) is 0 Å². The van der Waals surface area contributed by atoms with Crippen molar-refractivity contribution in [1.29, 1.82) is 0 Å². The second kappa shape index (κ2) is 9.28. The maximum Gasteiger partial charge on any atom is 0.192 e. The number of anilines is 1. The van der Waals surface area contributed by atoms with Crippen LogP contribution in [0.4, 0.5) is 5.69 Å². The molecule has 0 aliphatic rings. The van der Waals surface area contributed by atoms with Gasteiger partial charge in [0.2, 0.25) is 0 Å². The lowest BCUT2D eigenvalue weighted by Gasteiger charge is -2.42. The van der Waals surface area contributed by atoms with Gasteiger partial charge < -0.3 is 9.74 Å². The average Bonchev–Trinajstić information content (AvgIpc) is 2.61. The van der Waals surface area contributed by atoms with E-state index in [0.717, 1.165) is 18.5 Å². The quantitative estimate of drug-likeness (QED) is 0.462. The molecule has 2 rings (SSSR count). The van der Waals surface area contributed by atoms with Crippen LogP contribution in [0.1, 0.15) is 63.3 Å². The Kier molecular flexibility index (Phi) is 7.52. The summed E-state index contributed by atoms with van der Waals surface area (Å²) in [6.07, 6.45) is 2.30. The first-order chi connectivity index (χ1) is 13.0. The Morgan fingerprint density at radius 3 is 1.86 bits per heavy atom. The van der Waals surface area contributed by atoms with Crippen molar-refractivity contribution in [2.45, 2.75) is 84.7 Å². The van der Waals surface area contributed by atoms with E-state index in [4.69, 9.17) is 4.43 Å². The molecule has 154 valence electrons. The summed E-state index contributed by atoms with van der Waals surface area (Å²) in [6, 6.07) is 17.7. The molecule has 0 radical (unpaired) electrons. The predicted octanol–water partition coefficient (Wildman–Crippen LogP) is 7.65. The maximum atomic E-state index is 6.96. The summed E-state index contributed by atoms with van der Waals surface area (Å²) in [5.41, 5.74) is 5.01. The van der Waals surface area contributed by atoms with E-state index >= 15 is 0 Å². The van der Waals surface area contributed by atoms with Crippen molar-refractivity contribution in [2.24, 2.45) is 0 Å². The van der Waals surface area contributed by atoms with Gasteiger partial charge in [-0.05, 0) is 56.1 Å². The molecule has 1 N–H and O–H groups in total. The SMILES string of the molecule is CCCC(O[Si](C)(C)C(C)(C)C)C(Nc1ccc(C)cc1)c1ccc(C)cc1. The summed E-state index contributed by atoms with van der Waals surface area (Å²) in [5, 5.41) is 3.99. The van der Waals surface area contributed by atoms with Crippen LogP contribution in [0.3, 0.4) is 0 Å². The molecule has 3 heteroatoms. The average molecular weight is 398 g/mol. The molecule has 0 amide bonds. The van der Waals surface area contributed by atoms with Crippen molar-refractivity contribution in [3.05, 3.63) is 65.2 Å². The van der Waals surface area contributed by atoms with Gasteiger partial charge in [0.05, 0.1) is 12.1 Å². The molecule has 0 spiro atoms. The molecule has 0 saturated carbocycles. The van der Waals surface area contributed by atoms with E-state index in [1.54, 1.807) is 0 Å². The third-order valence-corrected chi connectivity index (χ3v) is 10.5. The number of nitrogens with one attached hydrogen (secondary N) is 1. The van der Waals surface area contributed by atoms with E-state index < -0.39 is 8.32 Å². The maximum absolute atomic E-state index is 6.96. The predicted molar refractivity (Wildman–Crippen MR) is 126 cm³/mol. The van der Waals surface area contributed by atoms with Crippen LogP contribution in [0.2, 0.25) is 18.1 Å². The fourth-order valence-corrected chi connectivity index (χ4v) is 4.49. The molecule has 0 bridgehead atoms. The van der Waals surface area contributed by atoms with Crippen LogP contribution in [0.15, 0.2) is 48.5 Å². The van der Waals surface area contributed by atoms with Gasteiger partial charge in [-0.25, -0.2) is 0 Å². The van der Waals surface area contributed by atoms with Gasteiger partial charge in [0, 0.05) is 5.69 Å². The summed E-state index contributed by atoms with van der Waals surface area (Å²) in [7, 11) is -1.88. The fraction of sp³-hybridized carbons (Fsp3) is 0.520. The highest BCUT2D eigenvalue weighted by Gasteiger charge is 2.40. The van der Waals surface area contributed by atoms with Gasteiger partial charge in [-0.3, -0.25) is 0 Å². The molecule has 0 aliphatic carbocycles. The van der Waals surface area contributed by atoms with E-state index in [0.29, 0.717) is 0 Å². The molecule has 2 atom stereocenters. The van der Waals surface area contributed by atoms with Crippen LogP contribution in [0.5, 0.6) is 0 Å². The Morgan fingerprint density at radius 2 is 1.39 bits per heavy atom. The Hall–Kier alpha value is -1.58. The molecule has 2 aromatic rings. The summed E-state index contributed by atoms with van der Waals surface area (Å²) in [4.78, 5) is 0. The third-order valence-electron chi connectivity index (χ3n) is 6.01. The fourth-order valence-electron chi connectivity index (χ4n) is 3.13. The number of aryl methyl sites for hydroxylation is 2. The highest BCUT2D eigenvalue weighted by Crippen LogP contribution is 2.40. The molecule has 0 aromatic heterocycles. The van der Waals surface area contributed by atoms with Crippen molar-refractivity contribution in [3.63, 3.8) is 0 Å². The minimum atomic E-state index is -1.88. The van der Waals surface area contributed by atoms with Crippen molar-refractivity contribution < 1.29 is 4.43 Å². The van der Waals surface area contributed by atoms with Crippen LogP contribution in [-0.4, -0.2) is 14.4 Å². The van der Waals surface area contributed by atoms with Crippen molar-refractivity contribution in [2.75, 3.05) is 5.32 Å². The van der Waals surface area contributed by atoms with Gasteiger partial charge in [-0.15, -0.1) is 0 Å². The van der Waals surface area contributed by atoms with E-state index in [9.17, 15) is 0 Å². The normalized spacial score (nSPS) is 14.6. The largest absolute Gasteiger partial charge is 0.411 e. The van der Waals surface area contributed by atoms with Gasteiger partial charge in [-0.1, -0.05) is 81.6 Å².